The van der Waals surface area contributed by atoms with Crippen molar-refractivity contribution in [2.45, 2.75) is 45.1 Å². The Balaban J connectivity index is 3.40. The minimum Gasteiger partial charge on any atom is -0.391 e. The average molecular weight is 190 g/mol. The van der Waals surface area contributed by atoms with Gasteiger partial charge < -0.3 is 9.84 Å². The molecular weight excluding hydrogens is 168 g/mol. The van der Waals surface area contributed by atoms with Gasteiger partial charge in [0.15, 0.2) is 0 Å². The van der Waals surface area contributed by atoms with Crippen molar-refractivity contribution in [2.24, 2.45) is 0 Å². The molecule has 0 aliphatic carbocycles. The number of aliphatic hydroxyl groups excluding tert-OH is 1. The molecule has 2 nitrogen and oxygen atoms in total. The van der Waals surface area contributed by atoms with E-state index in [1.807, 2.05) is 0 Å². The lowest BCUT2D eigenvalue weighted by atomic mass is 10.4. The molecule has 1 N–H and O–H groups in total. The zero-order valence-corrected chi connectivity index (χ0v) is 9.76. The van der Waals surface area contributed by atoms with Gasteiger partial charge in [-0.2, -0.15) is 0 Å². The monoisotopic (exact) mass is 190 g/mol. The number of hydrogen-bond donors (Lipinski definition) is 1. The fourth-order valence-corrected chi connectivity index (χ4v) is 2.66. The zero-order valence-electron chi connectivity index (χ0n) is 8.76. The van der Waals surface area contributed by atoms with Crippen LogP contribution in [0, 0.1) is 0 Å². The van der Waals surface area contributed by atoms with E-state index in [1.165, 1.54) is 0 Å². The van der Waals surface area contributed by atoms with Crippen molar-refractivity contribution in [1.82, 2.24) is 0 Å². The summed E-state index contributed by atoms with van der Waals surface area (Å²) < 4.78 is 5.26. The average Bonchev–Trinajstić information content (AvgIpc) is 1.84. The normalized spacial score (nSPS) is 14.8. The van der Waals surface area contributed by atoms with Crippen LogP contribution in [-0.4, -0.2) is 32.5 Å². The molecular formula is C9H22O2Si. The summed E-state index contributed by atoms with van der Waals surface area (Å²) >= 11 is 0. The topological polar surface area (TPSA) is 29.5 Å². The number of rotatable bonds is 6. The predicted octanol–water partition coefficient (Wildman–Crippen LogP) is 2.11. The van der Waals surface area contributed by atoms with Gasteiger partial charge in [0, 0.05) is 14.7 Å². The van der Waals surface area contributed by atoms with Crippen LogP contribution in [0.15, 0.2) is 0 Å². The van der Waals surface area contributed by atoms with Crippen LogP contribution >= 0.6 is 0 Å². The summed E-state index contributed by atoms with van der Waals surface area (Å²) in [6.07, 6.45) is 0.780. The van der Waals surface area contributed by atoms with Crippen molar-refractivity contribution in [3.8, 4) is 0 Å². The second kappa shape index (κ2) is 5.73. The van der Waals surface area contributed by atoms with Crippen LogP contribution in [0.5, 0.6) is 0 Å². The number of aliphatic hydroxyl groups is 1. The fourth-order valence-electron chi connectivity index (χ4n) is 1.13. The van der Waals surface area contributed by atoms with E-state index >= 15 is 0 Å². The Labute approximate surface area is 76.9 Å². The molecule has 0 amide bonds. The van der Waals surface area contributed by atoms with E-state index in [0.717, 1.165) is 19.1 Å². The molecule has 0 aliphatic rings. The summed E-state index contributed by atoms with van der Waals surface area (Å²) in [4.78, 5) is 0. The molecule has 0 aromatic rings. The molecule has 74 valence electrons. The highest BCUT2D eigenvalue weighted by atomic mass is 28.3. The molecule has 0 spiro atoms. The first-order valence-corrected chi connectivity index (χ1v) is 8.42. The first-order valence-electron chi connectivity index (χ1n) is 4.71. The quantitative estimate of drug-likeness (QED) is 0.513. The molecule has 0 heterocycles. The molecule has 0 aromatic heterocycles. The Kier molecular flexibility index (Phi) is 5.79. The minimum atomic E-state index is -1.11. The van der Waals surface area contributed by atoms with E-state index in [0.29, 0.717) is 6.61 Å². The molecule has 0 radical (unpaired) electrons. The molecule has 3 heteroatoms. The van der Waals surface area contributed by atoms with Gasteiger partial charge in [0.05, 0.1) is 12.7 Å². The Morgan fingerprint density at radius 3 is 2.33 bits per heavy atom. The third-order valence-corrected chi connectivity index (χ3v) is 3.20. The van der Waals surface area contributed by atoms with Crippen molar-refractivity contribution in [3.05, 3.63) is 0 Å². The molecule has 0 bridgehead atoms. The predicted molar refractivity (Wildman–Crippen MR) is 55.3 cm³/mol. The molecule has 0 saturated carbocycles. The molecule has 12 heavy (non-hydrogen) atoms. The summed E-state index contributed by atoms with van der Waals surface area (Å²) in [5, 5.41) is 9.52. The Bertz CT molecular complexity index is 110. The third-order valence-electron chi connectivity index (χ3n) is 1.51. The minimum absolute atomic E-state index is 0.247. The lowest BCUT2D eigenvalue weighted by Gasteiger charge is -2.20. The van der Waals surface area contributed by atoms with Crippen LogP contribution in [0.1, 0.15) is 13.3 Å². The Morgan fingerprint density at radius 2 is 1.92 bits per heavy atom. The van der Waals surface area contributed by atoms with Gasteiger partial charge in [0.1, 0.15) is 0 Å². The first-order chi connectivity index (χ1) is 5.45. The van der Waals surface area contributed by atoms with Crippen molar-refractivity contribution < 1.29 is 9.84 Å². The van der Waals surface area contributed by atoms with Crippen LogP contribution < -0.4 is 0 Å². The molecule has 0 aliphatic heterocycles. The van der Waals surface area contributed by atoms with Gasteiger partial charge in [0.25, 0.3) is 0 Å². The number of ether oxygens (including phenoxy) is 1. The van der Waals surface area contributed by atoms with Crippen LogP contribution in [0.4, 0.5) is 0 Å². The van der Waals surface area contributed by atoms with Crippen molar-refractivity contribution in [1.29, 1.82) is 0 Å². The maximum Gasteiger partial charge on any atom is 0.0750 e. The summed E-state index contributed by atoms with van der Waals surface area (Å²) in [5.74, 6) is 0. The molecule has 1 atom stereocenters. The second-order valence-electron chi connectivity index (χ2n) is 4.49. The standard InChI is InChI=1S/C9H22O2Si/c1-5-6-11-7-9(10)8-12(2,3)4/h9-10H,5-8H2,1-4H3. The molecule has 0 saturated heterocycles. The Morgan fingerprint density at radius 1 is 1.33 bits per heavy atom. The van der Waals surface area contributed by atoms with Gasteiger partial charge in [-0.1, -0.05) is 26.6 Å². The summed E-state index contributed by atoms with van der Waals surface area (Å²) in [5.41, 5.74) is 0. The van der Waals surface area contributed by atoms with E-state index in [4.69, 9.17) is 4.74 Å². The molecule has 0 rings (SSSR count). The maximum atomic E-state index is 9.52. The molecule has 0 aromatic carbocycles. The van der Waals surface area contributed by atoms with Crippen molar-refractivity contribution in [3.63, 3.8) is 0 Å². The highest BCUT2D eigenvalue weighted by Crippen LogP contribution is 2.11. The first kappa shape index (κ1) is 12.1. The van der Waals surface area contributed by atoms with Gasteiger partial charge in [-0.05, 0) is 12.5 Å². The molecule has 0 fully saturated rings. The van der Waals surface area contributed by atoms with E-state index in [2.05, 4.69) is 26.6 Å². The van der Waals surface area contributed by atoms with Crippen molar-refractivity contribution >= 4 is 8.07 Å². The largest absolute Gasteiger partial charge is 0.391 e. The lowest BCUT2D eigenvalue weighted by molar-refractivity contribution is 0.0460. The maximum absolute atomic E-state index is 9.52. The zero-order chi connectivity index (χ0) is 9.61. The van der Waals surface area contributed by atoms with Gasteiger partial charge in [0.2, 0.25) is 0 Å². The van der Waals surface area contributed by atoms with Crippen LogP contribution in [0.3, 0.4) is 0 Å². The van der Waals surface area contributed by atoms with E-state index in [-0.39, 0.29) is 6.10 Å². The molecule has 1 unspecified atom stereocenters. The van der Waals surface area contributed by atoms with Crippen molar-refractivity contribution in [2.75, 3.05) is 13.2 Å². The van der Waals surface area contributed by atoms with Gasteiger partial charge in [-0.15, -0.1) is 0 Å². The SMILES string of the molecule is CCCOCC(O)C[Si](C)(C)C. The summed E-state index contributed by atoms with van der Waals surface area (Å²) in [7, 11) is -1.11. The van der Waals surface area contributed by atoms with Crippen LogP contribution in [0.2, 0.25) is 25.7 Å². The van der Waals surface area contributed by atoms with E-state index in [1.54, 1.807) is 0 Å². The highest BCUT2D eigenvalue weighted by molar-refractivity contribution is 6.76. The van der Waals surface area contributed by atoms with E-state index in [9.17, 15) is 5.11 Å². The lowest BCUT2D eigenvalue weighted by Crippen LogP contribution is -2.29. The Hall–Kier alpha value is 0.137. The van der Waals surface area contributed by atoms with Crippen LogP contribution in [-0.2, 0) is 4.74 Å². The van der Waals surface area contributed by atoms with Crippen LogP contribution in [0.25, 0.3) is 0 Å². The van der Waals surface area contributed by atoms with E-state index < -0.39 is 8.07 Å². The third kappa shape index (κ3) is 8.24. The smallest absolute Gasteiger partial charge is 0.0750 e. The summed E-state index contributed by atoms with van der Waals surface area (Å²) in [6.45, 7) is 10.1. The fraction of sp³-hybridized carbons (Fsp3) is 1.00. The highest BCUT2D eigenvalue weighted by Gasteiger charge is 2.18. The van der Waals surface area contributed by atoms with Gasteiger partial charge in [-0.25, -0.2) is 0 Å². The summed E-state index contributed by atoms with van der Waals surface area (Å²) in [6, 6.07) is 0.941. The van der Waals surface area contributed by atoms with Gasteiger partial charge in [-0.3, -0.25) is 0 Å². The van der Waals surface area contributed by atoms with Gasteiger partial charge >= 0.3 is 0 Å². The second-order valence-corrected chi connectivity index (χ2v) is 10.0. The number of hydrogen-bond acceptors (Lipinski definition) is 2.